The Morgan fingerprint density at radius 2 is 1.79 bits per heavy atom. The van der Waals surface area contributed by atoms with Gasteiger partial charge in [-0.1, -0.05) is 41.9 Å². The number of halogens is 2. The van der Waals surface area contributed by atoms with Gasteiger partial charge in [-0.25, -0.2) is 9.40 Å². The van der Waals surface area contributed by atoms with E-state index in [1.807, 2.05) is 13.0 Å². The van der Waals surface area contributed by atoms with Crippen molar-refractivity contribution >= 4 is 35.2 Å². The summed E-state index contributed by atoms with van der Waals surface area (Å²) >= 11 is 6.07. The number of hydrazine groups is 1. The lowest BCUT2D eigenvalue weighted by atomic mass is 10.1. The van der Waals surface area contributed by atoms with Crippen LogP contribution in [0, 0.1) is 5.82 Å². The highest BCUT2D eigenvalue weighted by Crippen LogP contribution is 2.32. The summed E-state index contributed by atoms with van der Waals surface area (Å²) in [6.07, 6.45) is 1.49. The summed E-state index contributed by atoms with van der Waals surface area (Å²) in [7, 11) is 0. The summed E-state index contributed by atoms with van der Waals surface area (Å²) in [6, 6.07) is 18.2. The largest absolute Gasteiger partial charge is 0.490 e. The summed E-state index contributed by atoms with van der Waals surface area (Å²) in [6.45, 7) is 2.09. The molecule has 1 N–H and O–H groups in total. The lowest BCUT2D eigenvalue weighted by molar-refractivity contribution is -0.117. The van der Waals surface area contributed by atoms with Gasteiger partial charge in [-0.15, -0.1) is 0 Å². The number of rotatable bonds is 7. The highest BCUT2D eigenvalue weighted by molar-refractivity contribution is 6.32. The Hall–Kier alpha value is -3.84. The molecule has 1 heterocycles. The maximum absolute atomic E-state index is 14.0. The number of nitrogens with one attached hydrogen (secondary N) is 1. The quantitative estimate of drug-likeness (QED) is 0.396. The first-order chi connectivity index (χ1) is 16.0. The molecule has 0 spiro atoms. The van der Waals surface area contributed by atoms with Gasteiger partial charge in [0, 0.05) is 5.56 Å². The van der Waals surface area contributed by atoms with Crippen molar-refractivity contribution in [2.24, 2.45) is 0 Å². The fraction of sp³-hybridized carbons (Fsp3) is 0.120. The second kappa shape index (κ2) is 9.75. The third-order valence-corrected chi connectivity index (χ3v) is 5.27. The van der Waals surface area contributed by atoms with Gasteiger partial charge in [0.15, 0.2) is 11.5 Å². The molecule has 0 saturated carbocycles. The molecule has 0 bridgehead atoms. The van der Waals surface area contributed by atoms with Gasteiger partial charge < -0.3 is 9.47 Å². The molecular formula is C25H20ClFN2O4. The summed E-state index contributed by atoms with van der Waals surface area (Å²) in [4.78, 5) is 25.2. The van der Waals surface area contributed by atoms with Crippen LogP contribution in [-0.4, -0.2) is 18.4 Å². The molecule has 2 amide bonds. The third-order valence-electron chi connectivity index (χ3n) is 4.92. The second-order valence-electron chi connectivity index (χ2n) is 7.10. The van der Waals surface area contributed by atoms with Crippen LogP contribution >= 0.6 is 11.6 Å². The molecule has 1 fully saturated rings. The molecule has 0 atom stereocenters. The fourth-order valence-electron chi connectivity index (χ4n) is 3.31. The van der Waals surface area contributed by atoms with Crippen molar-refractivity contribution in [3.8, 4) is 11.5 Å². The first-order valence-corrected chi connectivity index (χ1v) is 10.6. The van der Waals surface area contributed by atoms with Gasteiger partial charge in [0.25, 0.3) is 11.8 Å². The van der Waals surface area contributed by atoms with E-state index in [4.69, 9.17) is 21.1 Å². The molecule has 168 valence electrons. The average molecular weight is 467 g/mol. The molecule has 1 saturated heterocycles. The monoisotopic (exact) mass is 466 g/mol. The van der Waals surface area contributed by atoms with Crippen molar-refractivity contribution in [2.45, 2.75) is 13.5 Å². The van der Waals surface area contributed by atoms with Crippen molar-refractivity contribution < 1.29 is 23.5 Å². The minimum absolute atomic E-state index is 0.00638. The van der Waals surface area contributed by atoms with Crippen molar-refractivity contribution in [1.29, 1.82) is 0 Å². The zero-order valence-electron chi connectivity index (χ0n) is 17.7. The number of benzene rings is 3. The van der Waals surface area contributed by atoms with Crippen LogP contribution in [0.2, 0.25) is 5.02 Å². The van der Waals surface area contributed by atoms with Crippen LogP contribution in [0.15, 0.2) is 72.3 Å². The zero-order chi connectivity index (χ0) is 23.4. The van der Waals surface area contributed by atoms with Gasteiger partial charge >= 0.3 is 0 Å². The van der Waals surface area contributed by atoms with Gasteiger partial charge in [-0.05, 0) is 55.0 Å². The Kier molecular flexibility index (Phi) is 6.60. The van der Waals surface area contributed by atoms with Gasteiger partial charge in [0.1, 0.15) is 18.0 Å². The maximum atomic E-state index is 14.0. The first-order valence-electron chi connectivity index (χ1n) is 10.2. The Balaban J connectivity index is 1.58. The number of hydrogen-bond donors (Lipinski definition) is 1. The SMILES string of the molecule is CCOc1cc(/C=C2\C(=O)NN(c3ccccc3)C2=O)ccc1OCc1c(F)cccc1Cl. The molecule has 1 aliphatic heterocycles. The van der Waals surface area contributed by atoms with E-state index < -0.39 is 17.6 Å². The predicted molar refractivity (Wildman–Crippen MR) is 123 cm³/mol. The number of anilines is 1. The van der Waals surface area contributed by atoms with E-state index in [0.717, 1.165) is 0 Å². The van der Waals surface area contributed by atoms with Crippen LogP contribution in [0.1, 0.15) is 18.1 Å². The molecule has 0 unspecified atom stereocenters. The fourth-order valence-corrected chi connectivity index (χ4v) is 3.52. The van der Waals surface area contributed by atoms with E-state index in [0.29, 0.717) is 29.4 Å². The summed E-state index contributed by atoms with van der Waals surface area (Å²) in [5.41, 5.74) is 3.93. The number of carbonyl (C=O) groups is 2. The van der Waals surface area contributed by atoms with Crippen LogP contribution in [0.25, 0.3) is 6.08 Å². The Labute approximate surface area is 195 Å². The smallest absolute Gasteiger partial charge is 0.282 e. The molecule has 3 aromatic rings. The minimum Gasteiger partial charge on any atom is -0.490 e. The Morgan fingerprint density at radius 1 is 1.00 bits per heavy atom. The third kappa shape index (κ3) is 4.83. The molecule has 0 radical (unpaired) electrons. The minimum atomic E-state index is -0.503. The number of ether oxygens (including phenoxy) is 2. The van der Waals surface area contributed by atoms with Crippen molar-refractivity contribution in [3.05, 3.63) is 94.3 Å². The molecule has 8 heteroatoms. The van der Waals surface area contributed by atoms with E-state index in [1.54, 1.807) is 48.5 Å². The van der Waals surface area contributed by atoms with Crippen LogP contribution < -0.4 is 19.9 Å². The number of nitrogens with zero attached hydrogens (tertiary/aromatic N) is 1. The first kappa shape index (κ1) is 22.4. The van der Waals surface area contributed by atoms with Crippen LogP contribution in [0.3, 0.4) is 0 Å². The van der Waals surface area contributed by atoms with Crippen LogP contribution in [0.5, 0.6) is 11.5 Å². The van der Waals surface area contributed by atoms with Crippen molar-refractivity contribution in [1.82, 2.24) is 5.43 Å². The summed E-state index contributed by atoms with van der Waals surface area (Å²) in [5.74, 6) is -0.651. The van der Waals surface area contributed by atoms with E-state index in [2.05, 4.69) is 5.43 Å². The van der Waals surface area contributed by atoms with Gasteiger partial charge in [-0.2, -0.15) is 0 Å². The number of carbonyl (C=O) groups excluding carboxylic acids is 2. The van der Waals surface area contributed by atoms with Crippen LogP contribution in [0.4, 0.5) is 10.1 Å². The lowest BCUT2D eigenvalue weighted by Gasteiger charge is -2.14. The van der Waals surface area contributed by atoms with Crippen molar-refractivity contribution in [3.63, 3.8) is 0 Å². The van der Waals surface area contributed by atoms with Gasteiger partial charge in [-0.3, -0.25) is 15.0 Å². The maximum Gasteiger partial charge on any atom is 0.282 e. The lowest BCUT2D eigenvalue weighted by Crippen LogP contribution is -2.35. The zero-order valence-corrected chi connectivity index (χ0v) is 18.4. The Morgan fingerprint density at radius 3 is 2.52 bits per heavy atom. The standard InChI is InChI=1S/C25H20ClFN2O4/c1-2-32-23-14-16(11-12-22(23)33-15-19-20(26)9-6-10-21(19)27)13-18-24(30)28-29(25(18)31)17-7-4-3-5-8-17/h3-14H,2,15H2,1H3,(H,28,30)/b18-13+. The number of amides is 2. The van der Waals surface area contributed by atoms with E-state index in [1.165, 1.54) is 23.2 Å². The average Bonchev–Trinajstić information content (AvgIpc) is 3.09. The Bertz CT molecular complexity index is 1210. The molecule has 4 rings (SSSR count). The van der Waals surface area contributed by atoms with Gasteiger partial charge in [0.05, 0.1) is 17.3 Å². The molecule has 6 nitrogen and oxygen atoms in total. The number of hydrogen-bond acceptors (Lipinski definition) is 4. The molecule has 33 heavy (non-hydrogen) atoms. The molecular weight excluding hydrogens is 447 g/mol. The molecule has 0 aromatic heterocycles. The van der Waals surface area contributed by atoms with E-state index >= 15 is 0 Å². The van der Waals surface area contributed by atoms with Gasteiger partial charge in [0.2, 0.25) is 0 Å². The predicted octanol–water partition coefficient (Wildman–Crippen LogP) is 4.92. The van der Waals surface area contributed by atoms with Crippen molar-refractivity contribution in [2.75, 3.05) is 11.6 Å². The second-order valence-corrected chi connectivity index (χ2v) is 7.51. The molecule has 0 aliphatic carbocycles. The molecule has 3 aromatic carbocycles. The summed E-state index contributed by atoms with van der Waals surface area (Å²) in [5, 5.41) is 1.47. The summed E-state index contributed by atoms with van der Waals surface area (Å²) < 4.78 is 25.5. The number of para-hydroxylation sites is 1. The highest BCUT2D eigenvalue weighted by Gasteiger charge is 2.34. The van der Waals surface area contributed by atoms with Crippen LogP contribution in [-0.2, 0) is 16.2 Å². The topological polar surface area (TPSA) is 67.9 Å². The highest BCUT2D eigenvalue weighted by atomic mass is 35.5. The van der Waals surface area contributed by atoms with E-state index in [-0.39, 0.29) is 22.8 Å². The van der Waals surface area contributed by atoms with E-state index in [9.17, 15) is 14.0 Å². The molecule has 1 aliphatic rings. The normalized spacial score (nSPS) is 14.5.